The van der Waals surface area contributed by atoms with Crippen LogP contribution in [-0.2, 0) is 6.54 Å². The maximum Gasteiger partial charge on any atom is 0.0208 e. The average molecular weight is 254 g/mol. The summed E-state index contributed by atoms with van der Waals surface area (Å²) in [6.07, 6.45) is 4.76. The lowest BCUT2D eigenvalue weighted by molar-refractivity contribution is 0.342. The molecule has 0 amide bonds. The van der Waals surface area contributed by atoms with Crippen molar-refractivity contribution in [3.8, 4) is 0 Å². The highest BCUT2D eigenvalue weighted by Crippen LogP contribution is 2.19. The third-order valence-electron chi connectivity index (χ3n) is 4.18. The maximum absolute atomic E-state index is 5.94. The van der Waals surface area contributed by atoms with Crippen LogP contribution in [0.4, 0.5) is 0 Å². The fraction of sp³-hybridized carbons (Fsp3) is 0.412. The molecule has 2 aromatic carbocycles. The molecule has 3 N–H and O–H groups in total. The lowest BCUT2D eigenvalue weighted by atomic mass is 9.91. The molecule has 0 spiro atoms. The monoisotopic (exact) mass is 254 g/mol. The molecule has 1 aliphatic rings. The van der Waals surface area contributed by atoms with Gasteiger partial charge in [-0.1, -0.05) is 36.4 Å². The van der Waals surface area contributed by atoms with Crippen LogP contribution in [-0.4, -0.2) is 12.1 Å². The van der Waals surface area contributed by atoms with Crippen molar-refractivity contribution in [2.75, 3.05) is 0 Å². The van der Waals surface area contributed by atoms with Gasteiger partial charge in [0.1, 0.15) is 0 Å². The first kappa shape index (κ1) is 12.6. The van der Waals surface area contributed by atoms with Gasteiger partial charge in [0.2, 0.25) is 0 Å². The van der Waals surface area contributed by atoms with Crippen molar-refractivity contribution in [1.82, 2.24) is 5.32 Å². The number of fused-ring (bicyclic) bond motifs is 1. The van der Waals surface area contributed by atoms with E-state index in [-0.39, 0.29) is 0 Å². The molecule has 0 atom stereocenters. The molecule has 2 aromatic rings. The van der Waals surface area contributed by atoms with Gasteiger partial charge in [-0.3, -0.25) is 0 Å². The third-order valence-corrected chi connectivity index (χ3v) is 4.18. The zero-order valence-electron chi connectivity index (χ0n) is 11.3. The Hall–Kier alpha value is -1.38. The minimum atomic E-state index is 0.429. The van der Waals surface area contributed by atoms with Gasteiger partial charge in [-0.2, -0.15) is 0 Å². The van der Waals surface area contributed by atoms with Gasteiger partial charge >= 0.3 is 0 Å². The van der Waals surface area contributed by atoms with Crippen LogP contribution in [0.1, 0.15) is 31.2 Å². The predicted octanol–water partition coefficient (Wildman–Crippen LogP) is 3.20. The SMILES string of the molecule is NC1CCC(NCc2ccc3ccccc3c2)CC1. The van der Waals surface area contributed by atoms with E-state index >= 15 is 0 Å². The molecule has 1 fully saturated rings. The topological polar surface area (TPSA) is 38.0 Å². The number of benzene rings is 2. The van der Waals surface area contributed by atoms with Gasteiger partial charge in [-0.05, 0) is 48.1 Å². The van der Waals surface area contributed by atoms with Crippen LogP contribution in [0.2, 0.25) is 0 Å². The van der Waals surface area contributed by atoms with Crippen LogP contribution < -0.4 is 11.1 Å². The Morgan fingerprint density at radius 3 is 2.47 bits per heavy atom. The molecule has 0 heterocycles. The Balaban J connectivity index is 1.62. The molecule has 0 radical (unpaired) electrons. The Kier molecular flexibility index (Phi) is 3.81. The first-order chi connectivity index (χ1) is 9.31. The molecule has 19 heavy (non-hydrogen) atoms. The first-order valence-electron chi connectivity index (χ1n) is 7.28. The van der Waals surface area contributed by atoms with Crippen LogP contribution in [0.25, 0.3) is 10.8 Å². The van der Waals surface area contributed by atoms with Crippen molar-refractivity contribution in [2.45, 2.75) is 44.3 Å². The van der Waals surface area contributed by atoms with Crippen LogP contribution in [0.15, 0.2) is 42.5 Å². The second-order valence-corrected chi connectivity index (χ2v) is 5.67. The second kappa shape index (κ2) is 5.72. The molecule has 1 aliphatic carbocycles. The molecular weight excluding hydrogens is 232 g/mol. The molecule has 2 heteroatoms. The van der Waals surface area contributed by atoms with E-state index in [9.17, 15) is 0 Å². The number of hydrogen-bond donors (Lipinski definition) is 2. The zero-order chi connectivity index (χ0) is 13.1. The molecule has 3 rings (SSSR count). The van der Waals surface area contributed by atoms with Crippen molar-refractivity contribution in [3.05, 3.63) is 48.0 Å². The lowest BCUT2D eigenvalue weighted by Crippen LogP contribution is -2.36. The minimum absolute atomic E-state index is 0.429. The van der Waals surface area contributed by atoms with Crippen molar-refractivity contribution in [1.29, 1.82) is 0 Å². The Labute approximate surface area is 115 Å². The van der Waals surface area contributed by atoms with Gasteiger partial charge in [0.05, 0.1) is 0 Å². The van der Waals surface area contributed by atoms with Gasteiger partial charge < -0.3 is 11.1 Å². The zero-order valence-corrected chi connectivity index (χ0v) is 11.3. The number of nitrogens with one attached hydrogen (secondary N) is 1. The fourth-order valence-corrected chi connectivity index (χ4v) is 2.93. The molecule has 0 unspecified atom stereocenters. The van der Waals surface area contributed by atoms with Crippen LogP contribution in [0, 0.1) is 0 Å². The van der Waals surface area contributed by atoms with Crippen molar-refractivity contribution in [2.24, 2.45) is 5.73 Å². The Morgan fingerprint density at radius 2 is 1.68 bits per heavy atom. The summed E-state index contributed by atoms with van der Waals surface area (Å²) < 4.78 is 0. The normalized spacial score (nSPS) is 23.6. The summed E-state index contributed by atoms with van der Waals surface area (Å²) in [4.78, 5) is 0. The van der Waals surface area contributed by atoms with Crippen LogP contribution in [0.3, 0.4) is 0 Å². The summed E-state index contributed by atoms with van der Waals surface area (Å²) >= 11 is 0. The number of nitrogens with two attached hydrogens (primary N) is 1. The summed E-state index contributed by atoms with van der Waals surface area (Å²) in [5.41, 5.74) is 7.31. The smallest absolute Gasteiger partial charge is 0.0208 e. The van der Waals surface area contributed by atoms with Gasteiger partial charge in [0, 0.05) is 18.6 Å². The van der Waals surface area contributed by atoms with Crippen molar-refractivity contribution >= 4 is 10.8 Å². The van der Waals surface area contributed by atoms with Gasteiger partial charge in [0.25, 0.3) is 0 Å². The average Bonchev–Trinajstić information content (AvgIpc) is 2.46. The summed E-state index contributed by atoms with van der Waals surface area (Å²) in [5, 5.41) is 6.31. The van der Waals surface area contributed by atoms with Gasteiger partial charge in [-0.15, -0.1) is 0 Å². The highest BCUT2D eigenvalue weighted by Gasteiger charge is 2.17. The van der Waals surface area contributed by atoms with E-state index in [1.807, 2.05) is 0 Å². The maximum atomic E-state index is 5.94. The summed E-state index contributed by atoms with van der Waals surface area (Å²) in [6.45, 7) is 0.963. The van der Waals surface area contributed by atoms with Crippen LogP contribution >= 0.6 is 0 Å². The van der Waals surface area contributed by atoms with Crippen molar-refractivity contribution < 1.29 is 0 Å². The molecule has 0 bridgehead atoms. The number of rotatable bonds is 3. The Bertz CT molecular complexity index is 542. The van der Waals surface area contributed by atoms with E-state index in [1.165, 1.54) is 29.2 Å². The predicted molar refractivity (Wildman–Crippen MR) is 81.0 cm³/mol. The van der Waals surface area contributed by atoms with E-state index in [1.54, 1.807) is 0 Å². The summed E-state index contributed by atoms with van der Waals surface area (Å²) in [7, 11) is 0. The molecule has 1 saturated carbocycles. The minimum Gasteiger partial charge on any atom is -0.328 e. The summed E-state index contributed by atoms with van der Waals surface area (Å²) in [5.74, 6) is 0. The highest BCUT2D eigenvalue weighted by atomic mass is 14.9. The molecule has 0 aromatic heterocycles. The van der Waals surface area contributed by atoms with E-state index < -0.39 is 0 Å². The standard InChI is InChI=1S/C17H22N2/c18-16-7-9-17(10-8-16)19-12-13-5-6-14-3-1-2-4-15(14)11-13/h1-6,11,16-17,19H,7-10,12,18H2. The lowest BCUT2D eigenvalue weighted by Gasteiger charge is -2.27. The van der Waals surface area contributed by atoms with E-state index in [0.717, 1.165) is 19.4 Å². The quantitative estimate of drug-likeness (QED) is 0.882. The highest BCUT2D eigenvalue weighted by molar-refractivity contribution is 5.82. The third kappa shape index (κ3) is 3.14. The molecule has 2 nitrogen and oxygen atoms in total. The van der Waals surface area contributed by atoms with Gasteiger partial charge in [0.15, 0.2) is 0 Å². The van der Waals surface area contributed by atoms with Crippen LogP contribution in [0.5, 0.6) is 0 Å². The largest absolute Gasteiger partial charge is 0.328 e. The van der Waals surface area contributed by atoms with E-state index in [4.69, 9.17) is 5.73 Å². The molecule has 100 valence electrons. The number of hydrogen-bond acceptors (Lipinski definition) is 2. The molecule has 0 saturated heterocycles. The second-order valence-electron chi connectivity index (χ2n) is 5.67. The van der Waals surface area contributed by atoms with Gasteiger partial charge in [-0.25, -0.2) is 0 Å². The first-order valence-corrected chi connectivity index (χ1v) is 7.28. The van der Waals surface area contributed by atoms with E-state index in [0.29, 0.717) is 12.1 Å². The molecular formula is C17H22N2. The fourth-order valence-electron chi connectivity index (χ4n) is 2.93. The van der Waals surface area contributed by atoms with E-state index in [2.05, 4.69) is 47.8 Å². The summed E-state index contributed by atoms with van der Waals surface area (Å²) in [6, 6.07) is 16.3. The van der Waals surface area contributed by atoms with Crippen molar-refractivity contribution in [3.63, 3.8) is 0 Å². The Morgan fingerprint density at radius 1 is 0.947 bits per heavy atom. The molecule has 0 aliphatic heterocycles.